The van der Waals surface area contributed by atoms with Crippen molar-refractivity contribution in [2.45, 2.75) is 167 Å². The molecule has 0 aromatic heterocycles. The van der Waals surface area contributed by atoms with Crippen LogP contribution in [0.5, 0.6) is 0 Å². The van der Waals surface area contributed by atoms with Gasteiger partial charge in [-0.2, -0.15) is 0 Å². The van der Waals surface area contributed by atoms with Gasteiger partial charge in [0.25, 0.3) is 23.6 Å². The number of amides is 12. The van der Waals surface area contributed by atoms with Gasteiger partial charge in [-0.25, -0.2) is 0 Å². The second-order valence-corrected chi connectivity index (χ2v) is 31.1. The highest BCUT2D eigenvalue weighted by Crippen LogP contribution is 2.15. The third-order valence-electron chi connectivity index (χ3n) is 17.7. The van der Waals surface area contributed by atoms with Gasteiger partial charge in [-0.05, 0) is 106 Å². The van der Waals surface area contributed by atoms with Crippen molar-refractivity contribution >= 4 is 82.8 Å². The first-order valence-corrected chi connectivity index (χ1v) is 44.6. The number of hydrogen-bond acceptors (Lipinski definition) is 34. The number of nitrogens with one attached hydrogen (secondary N) is 8. The molecule has 44 nitrogen and oxygen atoms in total. The Labute approximate surface area is 763 Å². The molecular formula is C86H148N10O34. The van der Waals surface area contributed by atoms with Gasteiger partial charge in [0.2, 0.25) is 47.3 Å². The number of methoxy groups -OCH3 is 2. The molecule has 0 spiro atoms. The average Bonchev–Trinajstić information content (AvgIpc) is 1.04. The highest BCUT2D eigenvalue weighted by molar-refractivity contribution is 6.13. The van der Waals surface area contributed by atoms with Crippen molar-refractivity contribution < 1.29 is 162 Å². The van der Waals surface area contributed by atoms with Gasteiger partial charge in [0, 0.05) is 103 Å². The lowest BCUT2D eigenvalue weighted by Crippen LogP contribution is -2.66. The van der Waals surface area contributed by atoms with Gasteiger partial charge in [0.1, 0.15) is 48.6 Å². The van der Waals surface area contributed by atoms with Crippen LogP contribution in [-0.4, -0.2) is 406 Å². The molecular weight excluding hydrogens is 1720 g/mol. The lowest BCUT2D eigenvalue weighted by atomic mass is 10.0. The van der Waals surface area contributed by atoms with Crippen LogP contribution in [-0.2, 0) is 162 Å². The smallest absolute Gasteiger partial charge is 0.306 e. The number of rotatable bonds is 87. The third-order valence-corrected chi connectivity index (χ3v) is 17.7. The molecule has 0 aliphatic carbocycles. The maximum Gasteiger partial charge on any atom is 0.306 e. The van der Waals surface area contributed by atoms with Crippen LogP contribution < -0.4 is 42.5 Å². The van der Waals surface area contributed by atoms with Crippen LogP contribution in [0.2, 0.25) is 0 Å². The number of hydrogen-bond donors (Lipinski definition) is 8. The summed E-state index contributed by atoms with van der Waals surface area (Å²) in [5, 5.41) is 21.1. The summed E-state index contributed by atoms with van der Waals surface area (Å²) in [5.41, 5.74) is -1.62. The Kier molecular flexibility index (Phi) is 70.0. The van der Waals surface area contributed by atoms with E-state index < -0.39 is 131 Å². The van der Waals surface area contributed by atoms with Gasteiger partial charge in [-0.1, -0.05) is 0 Å². The monoisotopic (exact) mass is 1870 g/mol. The Bertz CT molecular complexity index is 3000. The van der Waals surface area contributed by atoms with E-state index in [1.54, 1.807) is 55.8 Å². The van der Waals surface area contributed by atoms with E-state index in [0.29, 0.717) is 159 Å². The van der Waals surface area contributed by atoms with E-state index >= 15 is 9.59 Å². The topological polar surface area (TPSA) is 526 Å². The maximum atomic E-state index is 15.3. The Morgan fingerprint density at radius 1 is 0.277 bits per heavy atom. The molecule has 0 unspecified atom stereocenters. The first-order chi connectivity index (χ1) is 62.6. The predicted octanol–water partition coefficient (Wildman–Crippen LogP) is -1.06. The highest BCUT2D eigenvalue weighted by atomic mass is 16.6. The van der Waals surface area contributed by atoms with E-state index in [1.165, 1.54) is 0 Å². The summed E-state index contributed by atoms with van der Waals surface area (Å²) in [6.45, 7) is 20.8. The fraction of sp³-hybridized carbons (Fsp3) is 0.791. The van der Waals surface area contributed by atoms with Crippen molar-refractivity contribution in [3.63, 3.8) is 0 Å². The normalized spacial score (nSPS) is 13.6. The van der Waals surface area contributed by atoms with Gasteiger partial charge < -0.3 is 137 Å². The zero-order valence-electron chi connectivity index (χ0n) is 77.6. The van der Waals surface area contributed by atoms with E-state index in [1.807, 2.05) is 0 Å². The summed E-state index contributed by atoms with van der Waals surface area (Å²) in [4.78, 5) is 191. The highest BCUT2D eigenvalue weighted by Gasteiger charge is 2.40. The zero-order chi connectivity index (χ0) is 95.4. The lowest BCUT2D eigenvalue weighted by molar-refractivity contribution is -0.156. The van der Waals surface area contributed by atoms with Crippen molar-refractivity contribution in [3.8, 4) is 0 Å². The summed E-state index contributed by atoms with van der Waals surface area (Å²) in [5.74, 6) is -10.6. The van der Waals surface area contributed by atoms with Gasteiger partial charge in [-0.15, -0.1) is 0 Å². The van der Waals surface area contributed by atoms with Crippen molar-refractivity contribution in [2.75, 3.05) is 278 Å². The van der Waals surface area contributed by atoms with E-state index in [4.69, 9.17) is 94.7 Å². The van der Waals surface area contributed by atoms with Crippen LogP contribution in [0.1, 0.15) is 131 Å². The average molecular weight is 1870 g/mol. The first kappa shape index (κ1) is 118. The van der Waals surface area contributed by atoms with Gasteiger partial charge in [0.05, 0.1) is 211 Å². The Morgan fingerprint density at radius 3 is 0.762 bits per heavy atom. The van der Waals surface area contributed by atoms with Gasteiger partial charge in [-0.3, -0.25) is 76.9 Å². The molecule has 12 amide bonds. The van der Waals surface area contributed by atoms with Crippen LogP contribution in [0.3, 0.4) is 0 Å². The van der Waals surface area contributed by atoms with Crippen LogP contribution in [0.25, 0.3) is 0 Å². The second kappa shape index (κ2) is 77.2. The number of ether oxygens (including phenoxy) is 20. The summed E-state index contributed by atoms with van der Waals surface area (Å²) in [7, 11) is 3.22. The van der Waals surface area contributed by atoms with Crippen molar-refractivity contribution in [2.24, 2.45) is 0 Å². The summed E-state index contributed by atoms with van der Waals surface area (Å²) >= 11 is 0. The number of carbonyl (C=O) groups is 14. The maximum absolute atomic E-state index is 15.3. The number of unbranched alkanes of at least 4 members (excludes halogenated alkanes) is 2. The van der Waals surface area contributed by atoms with E-state index in [2.05, 4.69) is 42.5 Å². The van der Waals surface area contributed by atoms with Crippen LogP contribution >= 0.6 is 0 Å². The standard InChI is InChI=1S/C86H148N10O34/c1-85(2,3)129-77(105)21-13-29-89-81(107)67(17-9-11-27-87-71(99)65-127-63-61-125-59-57-123-55-53-121-51-49-119-47-45-117-43-41-115-39-37-113-35-33-111-7)91-83(109)79(93-69(97)19-15-31-95-73(101)23-24-74(95)102)80(94-70(98)20-16-32-96-75(103)25-26-76(96)104)84(110)92-68(82(108)90-30-14-22-78(106)130-86(4,5)6)18-10-12-28-88-72(100)66-128-64-62-126-60-58-124-56-54-122-52-50-120-48-46-118-44-42-116-40-38-114-36-34-112-8/h23-26,67-68,79-80H,9-22,27-66H2,1-8H3,(H,87,99)(H,88,100)(H,89,107)(H,90,108)(H,91,109)(H,92,110)(H,93,97)(H,94,98)/t67-,68-,79+,80+/m0/s1. The molecule has 130 heavy (non-hydrogen) atoms. The largest absolute Gasteiger partial charge is 0.460 e. The molecule has 2 heterocycles. The SMILES string of the molecule is COCCOCCOCCOCCOCCOCCOCCOCCOCC(=O)NCCCC[C@H](NC(=O)[C@H](NC(=O)CCCN1C(=O)C=CC1=O)[C@@H](NC(=O)CCCN1C(=O)C=CC1=O)C(=O)N[C@@H](CCCCNC(=O)COCCOCCOCCOCCOCCOCCOCCOCCOC)C(=O)NCCCC(=O)OC(C)(C)C)C(=O)NCCCC(=O)OC(C)(C)C. The Morgan fingerprint density at radius 2 is 0.515 bits per heavy atom. The molecule has 4 atom stereocenters. The summed E-state index contributed by atoms with van der Waals surface area (Å²) < 4.78 is 108. The minimum atomic E-state index is -2.16. The number of carbonyl (C=O) groups excluding carboxylic acids is 14. The Hall–Kier alpha value is -8.26. The molecule has 0 radical (unpaired) electrons. The number of nitrogens with zero attached hydrogens (tertiary/aromatic N) is 2. The van der Waals surface area contributed by atoms with Crippen molar-refractivity contribution in [1.82, 2.24) is 52.3 Å². The van der Waals surface area contributed by atoms with Gasteiger partial charge >= 0.3 is 11.9 Å². The molecule has 2 aliphatic heterocycles. The molecule has 0 bridgehead atoms. The second-order valence-electron chi connectivity index (χ2n) is 31.1. The minimum absolute atomic E-state index is 0.0672. The summed E-state index contributed by atoms with van der Waals surface area (Å²) in [6.07, 6.45) is 3.17. The third kappa shape index (κ3) is 66.2. The Balaban J connectivity index is 2.22. The van der Waals surface area contributed by atoms with Crippen molar-refractivity contribution in [1.29, 1.82) is 0 Å². The molecule has 0 aromatic rings. The van der Waals surface area contributed by atoms with Crippen LogP contribution in [0.4, 0.5) is 0 Å². The minimum Gasteiger partial charge on any atom is -0.460 e. The summed E-state index contributed by atoms with van der Waals surface area (Å²) in [6, 6.07) is -7.32. The molecule has 0 fully saturated rings. The number of imide groups is 2. The van der Waals surface area contributed by atoms with Crippen LogP contribution in [0, 0.1) is 0 Å². The van der Waals surface area contributed by atoms with E-state index in [9.17, 15) is 57.5 Å². The first-order valence-electron chi connectivity index (χ1n) is 44.6. The van der Waals surface area contributed by atoms with E-state index in [-0.39, 0.29) is 182 Å². The molecule has 2 aliphatic rings. The van der Waals surface area contributed by atoms with Gasteiger partial charge in [0.15, 0.2) is 0 Å². The molecule has 0 saturated carbocycles. The predicted molar refractivity (Wildman–Crippen MR) is 465 cm³/mol. The fourth-order valence-electron chi connectivity index (χ4n) is 11.4. The lowest BCUT2D eigenvalue weighted by Gasteiger charge is -2.30. The van der Waals surface area contributed by atoms with Crippen LogP contribution in [0.15, 0.2) is 24.3 Å². The molecule has 0 aromatic carbocycles. The molecule has 8 N–H and O–H groups in total. The molecule has 44 heteroatoms. The quantitative estimate of drug-likeness (QED) is 0.0204. The zero-order valence-corrected chi connectivity index (χ0v) is 77.6. The molecule has 0 saturated heterocycles. The van der Waals surface area contributed by atoms with Crippen molar-refractivity contribution in [3.05, 3.63) is 24.3 Å². The fourth-order valence-corrected chi connectivity index (χ4v) is 11.4. The van der Waals surface area contributed by atoms with E-state index in [0.717, 1.165) is 34.1 Å². The molecule has 746 valence electrons. The number of esters is 2. The molecule has 2 rings (SSSR count).